The van der Waals surface area contributed by atoms with Gasteiger partial charge in [0.1, 0.15) is 5.75 Å². The summed E-state index contributed by atoms with van der Waals surface area (Å²) < 4.78 is 5.57. The van der Waals surface area contributed by atoms with Crippen molar-refractivity contribution in [1.82, 2.24) is 5.32 Å². The minimum atomic E-state index is -0.0566. The molecular weight excluding hydrogens is 274 g/mol. The summed E-state index contributed by atoms with van der Waals surface area (Å²) in [6, 6.07) is 17.4. The lowest BCUT2D eigenvalue weighted by Gasteiger charge is -2.13. The molecule has 3 heteroatoms. The Hall–Kier alpha value is -2.29. The SMILES string of the molecule is CC(C)Oc1ccc(C(=O)NC[C@@H](C)c2ccccc2)cc1. The van der Waals surface area contributed by atoms with Crippen molar-refractivity contribution in [3.05, 3.63) is 65.7 Å². The van der Waals surface area contributed by atoms with Crippen LogP contribution in [0.4, 0.5) is 0 Å². The Labute approximate surface area is 132 Å². The molecule has 0 aliphatic heterocycles. The third-order valence-corrected chi connectivity index (χ3v) is 3.43. The van der Waals surface area contributed by atoms with Gasteiger partial charge in [-0.1, -0.05) is 37.3 Å². The monoisotopic (exact) mass is 297 g/mol. The van der Waals surface area contributed by atoms with Gasteiger partial charge in [0.2, 0.25) is 0 Å². The predicted molar refractivity (Wildman–Crippen MR) is 89.4 cm³/mol. The largest absolute Gasteiger partial charge is 0.491 e. The van der Waals surface area contributed by atoms with Crippen LogP contribution in [0.3, 0.4) is 0 Å². The summed E-state index contributed by atoms with van der Waals surface area (Å²) in [7, 11) is 0. The van der Waals surface area contributed by atoms with Gasteiger partial charge in [0.15, 0.2) is 0 Å². The molecule has 0 unspecified atom stereocenters. The lowest BCUT2D eigenvalue weighted by molar-refractivity contribution is 0.0951. The first-order valence-corrected chi connectivity index (χ1v) is 7.66. The van der Waals surface area contributed by atoms with Gasteiger partial charge in [-0.05, 0) is 49.6 Å². The molecule has 0 aliphatic rings. The van der Waals surface area contributed by atoms with Crippen LogP contribution < -0.4 is 10.1 Å². The molecule has 0 aliphatic carbocycles. The molecule has 0 saturated carbocycles. The van der Waals surface area contributed by atoms with Crippen LogP contribution in [0.2, 0.25) is 0 Å². The first-order chi connectivity index (χ1) is 10.6. The molecule has 0 aromatic heterocycles. The maximum atomic E-state index is 12.2. The Morgan fingerprint density at radius 1 is 1.00 bits per heavy atom. The minimum absolute atomic E-state index is 0.0566. The summed E-state index contributed by atoms with van der Waals surface area (Å²) in [4.78, 5) is 12.2. The van der Waals surface area contributed by atoms with Gasteiger partial charge >= 0.3 is 0 Å². The molecule has 0 heterocycles. The summed E-state index contributed by atoms with van der Waals surface area (Å²) in [6.07, 6.45) is 0.131. The number of benzene rings is 2. The average Bonchev–Trinajstić information content (AvgIpc) is 2.53. The van der Waals surface area contributed by atoms with Gasteiger partial charge in [-0.15, -0.1) is 0 Å². The van der Waals surface area contributed by atoms with Crippen LogP contribution in [-0.4, -0.2) is 18.6 Å². The number of rotatable bonds is 6. The second-order valence-electron chi connectivity index (χ2n) is 5.71. The predicted octanol–water partition coefficient (Wildman–Crippen LogP) is 4.01. The second kappa shape index (κ2) is 7.64. The van der Waals surface area contributed by atoms with E-state index >= 15 is 0 Å². The van der Waals surface area contributed by atoms with Gasteiger partial charge in [-0.25, -0.2) is 0 Å². The van der Waals surface area contributed by atoms with E-state index in [-0.39, 0.29) is 17.9 Å². The second-order valence-corrected chi connectivity index (χ2v) is 5.71. The Bertz CT molecular complexity index is 591. The third-order valence-electron chi connectivity index (χ3n) is 3.43. The number of hydrogen-bond acceptors (Lipinski definition) is 2. The highest BCUT2D eigenvalue weighted by Crippen LogP contribution is 2.15. The van der Waals surface area contributed by atoms with Crippen LogP contribution in [0, 0.1) is 0 Å². The fraction of sp³-hybridized carbons (Fsp3) is 0.316. The Balaban J connectivity index is 1.89. The van der Waals surface area contributed by atoms with Crippen molar-refractivity contribution in [3.63, 3.8) is 0 Å². The Kier molecular flexibility index (Phi) is 5.59. The molecule has 0 saturated heterocycles. The lowest BCUT2D eigenvalue weighted by Crippen LogP contribution is -2.27. The molecule has 116 valence electrons. The van der Waals surface area contributed by atoms with Gasteiger partial charge in [-0.3, -0.25) is 4.79 Å². The highest BCUT2D eigenvalue weighted by atomic mass is 16.5. The summed E-state index contributed by atoms with van der Waals surface area (Å²) in [5.74, 6) is 1.01. The molecule has 0 radical (unpaired) electrons. The summed E-state index contributed by atoms with van der Waals surface area (Å²) >= 11 is 0. The van der Waals surface area contributed by atoms with Crippen molar-refractivity contribution in [2.75, 3.05) is 6.54 Å². The van der Waals surface area contributed by atoms with Gasteiger partial charge in [0.25, 0.3) is 5.91 Å². The average molecular weight is 297 g/mol. The molecule has 1 N–H and O–H groups in total. The fourth-order valence-electron chi connectivity index (χ4n) is 2.20. The Morgan fingerprint density at radius 2 is 1.64 bits per heavy atom. The molecule has 2 aromatic carbocycles. The van der Waals surface area contributed by atoms with Crippen molar-refractivity contribution < 1.29 is 9.53 Å². The third kappa shape index (κ3) is 4.62. The molecule has 0 fully saturated rings. The van der Waals surface area contributed by atoms with E-state index in [1.165, 1.54) is 5.56 Å². The van der Waals surface area contributed by atoms with Gasteiger partial charge in [0.05, 0.1) is 6.10 Å². The molecule has 2 aromatic rings. The van der Waals surface area contributed by atoms with Crippen molar-refractivity contribution >= 4 is 5.91 Å². The molecule has 3 nitrogen and oxygen atoms in total. The first kappa shape index (κ1) is 16.1. The van der Waals surface area contributed by atoms with Crippen LogP contribution in [-0.2, 0) is 0 Å². The maximum absolute atomic E-state index is 12.2. The Morgan fingerprint density at radius 3 is 2.23 bits per heavy atom. The van der Waals surface area contributed by atoms with Crippen LogP contribution in [0.15, 0.2) is 54.6 Å². The molecule has 0 bridgehead atoms. The van der Waals surface area contributed by atoms with Crippen molar-refractivity contribution in [3.8, 4) is 5.75 Å². The number of carbonyl (C=O) groups is 1. The zero-order chi connectivity index (χ0) is 15.9. The molecule has 0 spiro atoms. The standard InChI is InChI=1S/C19H23NO2/c1-14(2)22-18-11-9-17(10-12-18)19(21)20-13-15(3)16-7-5-4-6-8-16/h4-12,14-15H,13H2,1-3H3,(H,20,21)/t15-/m1/s1. The van der Waals surface area contributed by atoms with Crippen LogP contribution in [0.25, 0.3) is 0 Å². The van der Waals surface area contributed by atoms with Crippen LogP contribution >= 0.6 is 0 Å². The van der Waals surface area contributed by atoms with Gasteiger partial charge < -0.3 is 10.1 Å². The molecule has 2 rings (SSSR count). The maximum Gasteiger partial charge on any atom is 0.251 e. The van der Waals surface area contributed by atoms with Gasteiger partial charge in [-0.2, -0.15) is 0 Å². The van der Waals surface area contributed by atoms with E-state index in [1.807, 2.05) is 44.2 Å². The summed E-state index contributed by atoms with van der Waals surface area (Å²) in [5.41, 5.74) is 1.87. The fourth-order valence-corrected chi connectivity index (χ4v) is 2.20. The van der Waals surface area contributed by atoms with E-state index in [0.29, 0.717) is 12.1 Å². The number of hydrogen-bond donors (Lipinski definition) is 1. The van der Waals surface area contributed by atoms with Crippen LogP contribution in [0.5, 0.6) is 5.75 Å². The van der Waals surface area contributed by atoms with E-state index in [9.17, 15) is 4.79 Å². The van der Waals surface area contributed by atoms with E-state index in [1.54, 1.807) is 12.1 Å². The normalized spacial score (nSPS) is 12.0. The highest BCUT2D eigenvalue weighted by molar-refractivity contribution is 5.94. The smallest absolute Gasteiger partial charge is 0.251 e. The molecule has 1 atom stereocenters. The first-order valence-electron chi connectivity index (χ1n) is 7.66. The lowest BCUT2D eigenvalue weighted by atomic mass is 10.0. The number of ether oxygens (including phenoxy) is 1. The van der Waals surface area contributed by atoms with E-state index in [4.69, 9.17) is 4.74 Å². The molecular formula is C19H23NO2. The van der Waals surface area contributed by atoms with E-state index < -0.39 is 0 Å². The summed E-state index contributed by atoms with van der Waals surface area (Å²) in [5, 5.41) is 2.98. The quantitative estimate of drug-likeness (QED) is 0.875. The van der Waals surface area contributed by atoms with Crippen molar-refractivity contribution in [1.29, 1.82) is 0 Å². The van der Waals surface area contributed by atoms with Crippen molar-refractivity contribution in [2.45, 2.75) is 32.8 Å². The number of carbonyl (C=O) groups excluding carboxylic acids is 1. The number of nitrogens with one attached hydrogen (secondary N) is 1. The summed E-state index contributed by atoms with van der Waals surface area (Å²) in [6.45, 7) is 6.68. The van der Waals surface area contributed by atoms with Crippen LogP contribution in [0.1, 0.15) is 42.6 Å². The van der Waals surface area contributed by atoms with E-state index in [2.05, 4.69) is 24.4 Å². The molecule has 22 heavy (non-hydrogen) atoms. The number of amides is 1. The topological polar surface area (TPSA) is 38.3 Å². The van der Waals surface area contributed by atoms with E-state index in [0.717, 1.165) is 5.75 Å². The van der Waals surface area contributed by atoms with Crippen molar-refractivity contribution in [2.24, 2.45) is 0 Å². The highest BCUT2D eigenvalue weighted by Gasteiger charge is 2.09. The van der Waals surface area contributed by atoms with Gasteiger partial charge in [0, 0.05) is 12.1 Å². The molecule has 1 amide bonds. The zero-order valence-electron chi connectivity index (χ0n) is 13.4. The zero-order valence-corrected chi connectivity index (χ0v) is 13.4. The minimum Gasteiger partial charge on any atom is -0.491 e.